The van der Waals surface area contributed by atoms with E-state index in [-0.39, 0.29) is 24.4 Å². The zero-order chi connectivity index (χ0) is 16.1. The number of carboxylic acids is 1. The number of nitrogens with one attached hydrogen (secondary N) is 1. The standard InChI is InChI=1S/C15H16N2O4S/c1-9-17-11(8-22-9)6-14(18)16-7-10-3-4-13(21-2)12(5-10)15(19)20/h3-5,8H,6-7H2,1-2H3,(H,16,18)(H,19,20). The van der Waals surface area contributed by atoms with Gasteiger partial charge in [-0.1, -0.05) is 6.07 Å². The van der Waals surface area contributed by atoms with Gasteiger partial charge >= 0.3 is 5.97 Å². The van der Waals surface area contributed by atoms with Crippen molar-refractivity contribution in [1.29, 1.82) is 0 Å². The first-order valence-electron chi connectivity index (χ1n) is 6.57. The fraction of sp³-hybridized carbons (Fsp3) is 0.267. The molecule has 0 aliphatic rings. The number of aromatic carboxylic acids is 1. The lowest BCUT2D eigenvalue weighted by molar-refractivity contribution is -0.120. The quantitative estimate of drug-likeness (QED) is 0.850. The number of aromatic nitrogens is 1. The molecule has 7 heteroatoms. The number of aryl methyl sites for hydroxylation is 1. The highest BCUT2D eigenvalue weighted by molar-refractivity contribution is 7.09. The minimum atomic E-state index is -1.07. The van der Waals surface area contributed by atoms with Crippen LogP contribution in [0.5, 0.6) is 5.75 Å². The van der Waals surface area contributed by atoms with Crippen LogP contribution in [-0.2, 0) is 17.8 Å². The molecule has 1 aromatic heterocycles. The van der Waals surface area contributed by atoms with Gasteiger partial charge in [0.2, 0.25) is 5.91 Å². The predicted molar refractivity (Wildman–Crippen MR) is 82.4 cm³/mol. The van der Waals surface area contributed by atoms with E-state index in [1.54, 1.807) is 12.1 Å². The Morgan fingerprint density at radius 3 is 2.77 bits per heavy atom. The van der Waals surface area contributed by atoms with Crippen LogP contribution in [0, 0.1) is 6.92 Å². The lowest BCUT2D eigenvalue weighted by Crippen LogP contribution is -2.24. The fourth-order valence-corrected chi connectivity index (χ4v) is 2.56. The van der Waals surface area contributed by atoms with Gasteiger partial charge in [0.15, 0.2) is 0 Å². The zero-order valence-corrected chi connectivity index (χ0v) is 13.1. The lowest BCUT2D eigenvalue weighted by atomic mass is 10.1. The van der Waals surface area contributed by atoms with Crippen molar-refractivity contribution in [2.24, 2.45) is 0 Å². The summed E-state index contributed by atoms with van der Waals surface area (Å²) in [6.07, 6.45) is 0.215. The Kier molecular flexibility index (Phi) is 5.11. The van der Waals surface area contributed by atoms with Crippen LogP contribution in [0.2, 0.25) is 0 Å². The number of nitrogens with zero attached hydrogens (tertiary/aromatic N) is 1. The van der Waals surface area contributed by atoms with Gasteiger partial charge in [0, 0.05) is 11.9 Å². The number of carbonyl (C=O) groups is 2. The van der Waals surface area contributed by atoms with Crippen LogP contribution in [-0.4, -0.2) is 29.1 Å². The second-order valence-electron chi connectivity index (χ2n) is 4.65. The van der Waals surface area contributed by atoms with E-state index in [0.717, 1.165) is 10.7 Å². The maximum atomic E-state index is 11.8. The van der Waals surface area contributed by atoms with Crippen LogP contribution in [0.1, 0.15) is 26.6 Å². The van der Waals surface area contributed by atoms with Gasteiger partial charge in [0.1, 0.15) is 11.3 Å². The van der Waals surface area contributed by atoms with Crippen molar-refractivity contribution in [3.8, 4) is 5.75 Å². The summed E-state index contributed by atoms with van der Waals surface area (Å²) in [5.41, 5.74) is 1.51. The molecule has 0 unspecified atom stereocenters. The van der Waals surface area contributed by atoms with Crippen LogP contribution in [0.4, 0.5) is 0 Å². The molecule has 22 heavy (non-hydrogen) atoms. The Balaban J connectivity index is 1.97. The van der Waals surface area contributed by atoms with Crippen molar-refractivity contribution in [1.82, 2.24) is 10.3 Å². The molecule has 0 aliphatic carbocycles. The zero-order valence-electron chi connectivity index (χ0n) is 12.3. The van der Waals surface area contributed by atoms with E-state index >= 15 is 0 Å². The van der Waals surface area contributed by atoms with Gasteiger partial charge < -0.3 is 15.2 Å². The van der Waals surface area contributed by atoms with Gasteiger partial charge in [0.05, 0.1) is 24.2 Å². The van der Waals surface area contributed by atoms with Gasteiger partial charge in [-0.25, -0.2) is 9.78 Å². The third-order valence-corrected chi connectivity index (χ3v) is 3.81. The molecule has 116 valence electrons. The number of hydrogen-bond acceptors (Lipinski definition) is 5. The number of hydrogen-bond donors (Lipinski definition) is 2. The normalized spacial score (nSPS) is 10.3. The predicted octanol–water partition coefficient (Wildman–Crippen LogP) is 2.02. The SMILES string of the molecule is COc1ccc(CNC(=O)Cc2csc(C)n2)cc1C(=O)O. The highest BCUT2D eigenvalue weighted by Gasteiger charge is 2.12. The van der Waals surface area contributed by atoms with Crippen molar-refractivity contribution in [3.05, 3.63) is 45.4 Å². The molecule has 6 nitrogen and oxygen atoms in total. The first-order chi connectivity index (χ1) is 10.5. The Bertz CT molecular complexity index is 697. The average molecular weight is 320 g/mol. The molecule has 0 saturated heterocycles. The number of methoxy groups -OCH3 is 1. The first-order valence-corrected chi connectivity index (χ1v) is 7.45. The smallest absolute Gasteiger partial charge is 0.339 e. The second kappa shape index (κ2) is 7.04. The number of ether oxygens (including phenoxy) is 1. The topological polar surface area (TPSA) is 88.5 Å². The summed E-state index contributed by atoms with van der Waals surface area (Å²) in [5.74, 6) is -0.929. The minimum Gasteiger partial charge on any atom is -0.496 e. The molecule has 0 atom stereocenters. The number of benzene rings is 1. The highest BCUT2D eigenvalue weighted by atomic mass is 32.1. The summed E-state index contributed by atoms with van der Waals surface area (Å²) in [6, 6.07) is 4.79. The maximum absolute atomic E-state index is 11.8. The molecule has 0 saturated carbocycles. The van der Waals surface area contributed by atoms with Crippen LogP contribution >= 0.6 is 11.3 Å². The molecule has 2 N–H and O–H groups in total. The number of rotatable bonds is 6. The second-order valence-corrected chi connectivity index (χ2v) is 5.71. The largest absolute Gasteiger partial charge is 0.496 e. The molecule has 0 spiro atoms. The molecular weight excluding hydrogens is 304 g/mol. The van der Waals surface area contributed by atoms with E-state index in [1.807, 2.05) is 12.3 Å². The molecule has 1 heterocycles. The Hall–Kier alpha value is -2.41. The molecule has 2 aromatic rings. The van der Waals surface area contributed by atoms with E-state index in [2.05, 4.69) is 10.3 Å². The van der Waals surface area contributed by atoms with Gasteiger partial charge in [-0.05, 0) is 24.6 Å². The van der Waals surface area contributed by atoms with Crippen molar-refractivity contribution >= 4 is 23.2 Å². The molecule has 1 amide bonds. The molecule has 0 fully saturated rings. The molecule has 0 aliphatic heterocycles. The summed E-state index contributed by atoms with van der Waals surface area (Å²) in [7, 11) is 1.42. The summed E-state index contributed by atoms with van der Waals surface area (Å²) in [4.78, 5) is 27.2. The third kappa shape index (κ3) is 4.05. The van der Waals surface area contributed by atoms with Crippen molar-refractivity contribution in [3.63, 3.8) is 0 Å². The molecule has 0 radical (unpaired) electrons. The van der Waals surface area contributed by atoms with E-state index in [0.29, 0.717) is 11.3 Å². The molecule has 0 bridgehead atoms. The number of thiazole rings is 1. The summed E-state index contributed by atoms with van der Waals surface area (Å²) in [6.45, 7) is 2.14. The van der Waals surface area contributed by atoms with Gasteiger partial charge in [-0.3, -0.25) is 4.79 Å². The summed E-state index contributed by atoms with van der Waals surface area (Å²) < 4.78 is 4.99. The van der Waals surface area contributed by atoms with Crippen LogP contribution in [0.15, 0.2) is 23.6 Å². The molecule has 2 rings (SSSR count). The van der Waals surface area contributed by atoms with Gasteiger partial charge in [-0.15, -0.1) is 11.3 Å². The lowest BCUT2D eigenvalue weighted by Gasteiger charge is -2.08. The molecular formula is C15H16N2O4S. The first kappa shape index (κ1) is 16.0. The number of amides is 1. The van der Waals surface area contributed by atoms with E-state index < -0.39 is 5.97 Å². The monoisotopic (exact) mass is 320 g/mol. The Morgan fingerprint density at radius 2 is 2.18 bits per heavy atom. The number of carbonyl (C=O) groups excluding carboxylic acids is 1. The Morgan fingerprint density at radius 1 is 1.41 bits per heavy atom. The highest BCUT2D eigenvalue weighted by Crippen LogP contribution is 2.19. The van der Waals surface area contributed by atoms with Crippen molar-refractivity contribution < 1.29 is 19.4 Å². The van der Waals surface area contributed by atoms with Crippen LogP contribution in [0.25, 0.3) is 0 Å². The average Bonchev–Trinajstić information content (AvgIpc) is 2.89. The maximum Gasteiger partial charge on any atom is 0.339 e. The third-order valence-electron chi connectivity index (χ3n) is 2.99. The summed E-state index contributed by atoms with van der Waals surface area (Å²) >= 11 is 1.50. The van der Waals surface area contributed by atoms with Gasteiger partial charge in [-0.2, -0.15) is 0 Å². The van der Waals surface area contributed by atoms with Crippen molar-refractivity contribution in [2.75, 3.05) is 7.11 Å². The van der Waals surface area contributed by atoms with Gasteiger partial charge in [0.25, 0.3) is 0 Å². The van der Waals surface area contributed by atoms with E-state index in [9.17, 15) is 9.59 Å². The van der Waals surface area contributed by atoms with Crippen LogP contribution in [0.3, 0.4) is 0 Å². The Labute approximate surface area is 131 Å². The van der Waals surface area contributed by atoms with Crippen molar-refractivity contribution in [2.45, 2.75) is 19.9 Å². The summed E-state index contributed by atoms with van der Waals surface area (Å²) in [5, 5.41) is 14.6. The van der Waals surface area contributed by atoms with Crippen LogP contribution < -0.4 is 10.1 Å². The number of carboxylic acid groups (broad SMARTS) is 1. The minimum absolute atomic E-state index is 0.0735. The fourth-order valence-electron chi connectivity index (χ4n) is 1.95. The van der Waals surface area contributed by atoms with E-state index in [4.69, 9.17) is 9.84 Å². The molecule has 1 aromatic carbocycles. The van der Waals surface area contributed by atoms with E-state index in [1.165, 1.54) is 24.5 Å².